The van der Waals surface area contributed by atoms with Crippen molar-refractivity contribution in [1.82, 2.24) is 0 Å². The van der Waals surface area contributed by atoms with Crippen LogP contribution < -0.4 is 0 Å². The van der Waals surface area contributed by atoms with Crippen molar-refractivity contribution >= 4 is 47.0 Å². The zero-order chi connectivity index (χ0) is 13.3. The molecule has 2 unspecified atom stereocenters. The molecule has 0 aliphatic carbocycles. The van der Waals surface area contributed by atoms with Crippen molar-refractivity contribution in [3.8, 4) is 0 Å². The Balaban J connectivity index is 1.55. The third-order valence-electron chi connectivity index (χ3n) is 2.68. The fraction of sp³-hybridized carbons (Fsp3) is 0.571. The van der Waals surface area contributed by atoms with E-state index in [0.29, 0.717) is 0 Å². The average molecular weight is 333 g/mol. The summed E-state index contributed by atoms with van der Waals surface area (Å²) in [4.78, 5) is 1.24. The summed E-state index contributed by atoms with van der Waals surface area (Å²) in [5.41, 5.74) is 0. The van der Waals surface area contributed by atoms with Crippen molar-refractivity contribution in [3.05, 3.63) is 30.3 Å². The van der Waals surface area contributed by atoms with Gasteiger partial charge in [0.15, 0.2) is 0 Å². The van der Waals surface area contributed by atoms with Gasteiger partial charge in [-0.2, -0.15) is 35.3 Å². The number of aliphatic hydroxyl groups is 1. The minimum Gasteiger partial charge on any atom is -0.391 e. The third kappa shape index (κ3) is 6.71. The summed E-state index contributed by atoms with van der Waals surface area (Å²) in [6.45, 7) is 0. The molecule has 0 radical (unpaired) electrons. The van der Waals surface area contributed by atoms with E-state index < -0.39 is 0 Å². The van der Waals surface area contributed by atoms with Crippen LogP contribution in [0.2, 0.25) is 0 Å². The first-order valence-electron chi connectivity index (χ1n) is 6.47. The van der Waals surface area contributed by atoms with Gasteiger partial charge in [0.25, 0.3) is 0 Å². The van der Waals surface area contributed by atoms with Crippen LogP contribution in [0.1, 0.15) is 0 Å². The summed E-state index contributed by atoms with van der Waals surface area (Å²) in [5.74, 6) is 6.73. The second kappa shape index (κ2) is 9.50. The molecule has 106 valence electrons. The van der Waals surface area contributed by atoms with E-state index in [1.807, 2.05) is 30.0 Å². The molecule has 0 saturated carbocycles. The molecule has 1 N–H and O–H groups in total. The molecule has 1 heterocycles. The molecular formula is C14H20OS4. The molecular weight excluding hydrogens is 312 g/mol. The maximum atomic E-state index is 9.99. The molecule has 1 fully saturated rings. The summed E-state index contributed by atoms with van der Waals surface area (Å²) < 4.78 is 0. The second-order valence-electron chi connectivity index (χ2n) is 4.38. The molecule has 19 heavy (non-hydrogen) atoms. The van der Waals surface area contributed by atoms with Crippen LogP contribution in [0.5, 0.6) is 0 Å². The molecule has 5 heteroatoms. The van der Waals surface area contributed by atoms with Crippen LogP contribution in [0.15, 0.2) is 35.2 Å². The van der Waals surface area contributed by atoms with Crippen molar-refractivity contribution in [2.75, 3.05) is 34.5 Å². The number of hydrogen-bond donors (Lipinski definition) is 1. The lowest BCUT2D eigenvalue weighted by Crippen LogP contribution is -2.19. The normalized spacial score (nSPS) is 21.2. The van der Waals surface area contributed by atoms with Gasteiger partial charge >= 0.3 is 0 Å². The molecule has 0 spiro atoms. The summed E-state index contributed by atoms with van der Waals surface area (Å²) in [6.07, 6.45) is -0.198. The van der Waals surface area contributed by atoms with E-state index in [0.717, 1.165) is 16.8 Å². The maximum Gasteiger partial charge on any atom is 0.0724 e. The van der Waals surface area contributed by atoms with E-state index in [1.165, 1.54) is 27.9 Å². The van der Waals surface area contributed by atoms with Crippen LogP contribution in [0.25, 0.3) is 0 Å². The van der Waals surface area contributed by atoms with E-state index in [-0.39, 0.29) is 6.10 Å². The lowest BCUT2D eigenvalue weighted by molar-refractivity contribution is 0.225. The van der Waals surface area contributed by atoms with Gasteiger partial charge in [0.05, 0.1) is 6.10 Å². The van der Waals surface area contributed by atoms with Gasteiger partial charge < -0.3 is 5.11 Å². The van der Waals surface area contributed by atoms with Gasteiger partial charge in [-0.05, 0) is 12.1 Å². The average Bonchev–Trinajstić information content (AvgIpc) is 2.47. The number of hydrogen-bond acceptors (Lipinski definition) is 5. The topological polar surface area (TPSA) is 20.2 Å². The van der Waals surface area contributed by atoms with Gasteiger partial charge in [-0.25, -0.2) is 0 Å². The number of rotatable bonds is 7. The highest BCUT2D eigenvalue weighted by Crippen LogP contribution is 2.27. The van der Waals surface area contributed by atoms with Crippen LogP contribution >= 0.6 is 47.0 Å². The van der Waals surface area contributed by atoms with Crippen molar-refractivity contribution in [2.24, 2.45) is 0 Å². The molecule has 1 aliphatic rings. The van der Waals surface area contributed by atoms with Crippen molar-refractivity contribution in [3.63, 3.8) is 0 Å². The lowest BCUT2D eigenvalue weighted by Gasteiger charge is -2.20. The Hall–Kier alpha value is 0.580. The van der Waals surface area contributed by atoms with Crippen LogP contribution in [0, 0.1) is 0 Å². The molecule has 1 aliphatic heterocycles. The predicted molar refractivity (Wildman–Crippen MR) is 94.1 cm³/mol. The van der Waals surface area contributed by atoms with E-state index in [9.17, 15) is 5.11 Å². The van der Waals surface area contributed by atoms with Gasteiger partial charge in [-0.1, -0.05) is 18.2 Å². The molecule has 0 bridgehead atoms. The fourth-order valence-electron chi connectivity index (χ4n) is 1.73. The summed E-state index contributed by atoms with van der Waals surface area (Å²) in [6, 6.07) is 10.3. The second-order valence-corrected chi connectivity index (χ2v) is 9.11. The monoisotopic (exact) mass is 332 g/mol. The van der Waals surface area contributed by atoms with Gasteiger partial charge in [-0.3, -0.25) is 0 Å². The first kappa shape index (κ1) is 16.0. The van der Waals surface area contributed by atoms with Crippen LogP contribution in [-0.2, 0) is 0 Å². The van der Waals surface area contributed by atoms with Crippen molar-refractivity contribution in [2.45, 2.75) is 16.2 Å². The van der Waals surface area contributed by atoms with E-state index in [2.05, 4.69) is 35.7 Å². The molecule has 0 aromatic heterocycles. The highest BCUT2D eigenvalue weighted by molar-refractivity contribution is 8.07. The third-order valence-corrected chi connectivity index (χ3v) is 8.16. The Morgan fingerprint density at radius 3 is 2.79 bits per heavy atom. The summed E-state index contributed by atoms with van der Waals surface area (Å²) in [5, 5.41) is 10.8. The van der Waals surface area contributed by atoms with Crippen molar-refractivity contribution < 1.29 is 5.11 Å². The SMILES string of the molecule is OC(CSCC1CSCCS1)CSc1ccccc1. The van der Waals surface area contributed by atoms with Gasteiger partial charge in [0, 0.05) is 44.7 Å². The highest BCUT2D eigenvalue weighted by Gasteiger charge is 2.15. The largest absolute Gasteiger partial charge is 0.391 e. The lowest BCUT2D eigenvalue weighted by atomic mass is 10.4. The van der Waals surface area contributed by atoms with Crippen LogP contribution in [-0.4, -0.2) is 51.0 Å². The van der Waals surface area contributed by atoms with Gasteiger partial charge in [-0.15, -0.1) is 11.8 Å². The molecule has 1 nitrogen and oxygen atoms in total. The van der Waals surface area contributed by atoms with Crippen LogP contribution in [0.4, 0.5) is 0 Å². The number of benzene rings is 1. The first-order chi connectivity index (χ1) is 9.34. The zero-order valence-corrected chi connectivity index (χ0v) is 14.1. The number of aliphatic hydroxyl groups excluding tert-OH is 1. The predicted octanol–water partition coefficient (Wildman–Crippen LogP) is 3.72. The standard InChI is InChI=1S/C14H20OS4/c15-12(9-19-13-4-2-1-3-5-13)8-17-11-14-10-16-6-7-18-14/h1-5,12,14-15H,6-11H2. The quantitative estimate of drug-likeness (QED) is 0.766. The van der Waals surface area contributed by atoms with Gasteiger partial charge in [0.2, 0.25) is 0 Å². The minimum absolute atomic E-state index is 0.198. The molecule has 1 saturated heterocycles. The van der Waals surface area contributed by atoms with Gasteiger partial charge in [0.1, 0.15) is 0 Å². The molecule has 0 amide bonds. The Labute approximate surface area is 133 Å². The minimum atomic E-state index is -0.198. The zero-order valence-electron chi connectivity index (χ0n) is 10.9. The maximum absolute atomic E-state index is 9.99. The molecule has 1 aromatic rings. The Kier molecular flexibility index (Phi) is 7.98. The summed E-state index contributed by atoms with van der Waals surface area (Å²) >= 11 is 7.81. The highest BCUT2D eigenvalue weighted by atomic mass is 32.2. The Bertz CT molecular complexity index is 341. The molecule has 2 rings (SSSR count). The fourth-order valence-corrected chi connectivity index (χ4v) is 6.87. The Morgan fingerprint density at radius 2 is 2.05 bits per heavy atom. The first-order valence-corrected chi connectivity index (χ1v) is 10.8. The summed E-state index contributed by atoms with van der Waals surface area (Å²) in [7, 11) is 0. The molecule has 1 aromatic carbocycles. The smallest absolute Gasteiger partial charge is 0.0724 e. The van der Waals surface area contributed by atoms with E-state index >= 15 is 0 Å². The van der Waals surface area contributed by atoms with E-state index in [4.69, 9.17) is 0 Å². The van der Waals surface area contributed by atoms with Crippen LogP contribution in [0.3, 0.4) is 0 Å². The number of thioether (sulfide) groups is 4. The van der Waals surface area contributed by atoms with E-state index in [1.54, 1.807) is 11.8 Å². The molecule has 2 atom stereocenters. The van der Waals surface area contributed by atoms with Crippen molar-refractivity contribution in [1.29, 1.82) is 0 Å². The Morgan fingerprint density at radius 1 is 1.21 bits per heavy atom.